The molecule has 5 aromatic carbocycles. The summed E-state index contributed by atoms with van der Waals surface area (Å²) in [5.41, 5.74) is 10.3. The smallest absolute Gasteiger partial charge is 0.228 e. The van der Waals surface area contributed by atoms with Gasteiger partial charge < -0.3 is 36.8 Å². The highest BCUT2D eigenvalue weighted by Gasteiger charge is 2.70. The molecule has 688 valence electrons. The number of halogens is 1. The van der Waals surface area contributed by atoms with E-state index in [0.29, 0.717) is 80.0 Å². The number of Topliss-reactive ketones (excluding diaryl/α,β-unsaturated/α-hetero) is 3. The molecular formula is C115H156ClN7O5. The molecule has 5 heterocycles. The Labute approximate surface area is 773 Å². The first-order chi connectivity index (χ1) is 61.6. The van der Waals surface area contributed by atoms with Crippen molar-refractivity contribution in [2.45, 2.75) is 318 Å². The Kier molecular flexibility index (Phi) is 23.7. The Bertz CT molecular complexity index is 4790. The molecular weight excluding hydrogens is 1590 g/mol. The average molecular weight is 1750 g/mol. The quantitative estimate of drug-likeness (QED) is 0.0498. The molecule has 128 heavy (non-hydrogen) atoms. The molecule has 0 radical (unpaired) electrons. The molecule has 25 fully saturated rings. The van der Waals surface area contributed by atoms with Crippen molar-refractivity contribution >= 4 is 40.8 Å². The molecule has 0 spiro atoms. The van der Waals surface area contributed by atoms with E-state index < -0.39 is 0 Å². The van der Waals surface area contributed by atoms with E-state index >= 15 is 0 Å². The van der Waals surface area contributed by atoms with E-state index in [2.05, 4.69) is 198 Å². The first kappa shape index (κ1) is 88.7. The molecule has 25 aliphatic rings. The summed E-state index contributed by atoms with van der Waals surface area (Å²) in [5, 5.41) is 21.2. The van der Waals surface area contributed by atoms with E-state index in [-0.39, 0.29) is 48.7 Å². The molecule has 6 N–H and O–H groups in total. The van der Waals surface area contributed by atoms with Gasteiger partial charge in [-0.25, -0.2) is 0 Å². The standard InChI is InChI=1S/C25H35NO.C23H30ClNO.C23H32N2O.C22H30N2O.C22H29NO/c1-22-13-23(2)15-24(14-22,20-6-4-3-5-7-20)18-25(16-22,17-23)21(27)12-19-8-10-26-11-9-19;24-20-3-1-19(2-4-20)22-11-17-9-18(12-22)14-23(13-17,15-22)21(26)10-16-5-7-25-8-6-16;26-21(25-20-6-8-24-9-7-20)15-22-11-17-10-18(12-22)14-23(13-17,16-22)19-4-2-1-3-5-19;1-20-11-17-12-21(14-20,18-5-3-2-4-6-18)16-22(13-17,15-20)19(25)24-9-7-23-8-10-24;1-20-8-17-9-21(13-20,18-5-3-2-4-6-18)15-22(10-17,14-20)19(24)7-16-11-23-12-16/h3-7,19,26H,8-18H2,1-2H3;1-4,16-18,25H,5-15H2;1-5,17-18,20,24H,6-16H2,(H,25,26);2-6,17,23H,7-16H2,1H3;2-6,16-17,23H,7-15H2,1H3. The summed E-state index contributed by atoms with van der Waals surface area (Å²) in [7, 11) is 0. The predicted octanol–water partition coefficient (Wildman–Crippen LogP) is 21.6. The molecule has 0 aromatic heterocycles. The summed E-state index contributed by atoms with van der Waals surface area (Å²) < 4.78 is 0. The van der Waals surface area contributed by atoms with Crippen molar-refractivity contribution in [1.82, 2.24) is 36.8 Å². The second-order valence-electron chi connectivity index (χ2n) is 50.8. The third kappa shape index (κ3) is 17.2. The molecule has 14 atom stereocenters. The van der Waals surface area contributed by atoms with Gasteiger partial charge in [0, 0.05) is 79.2 Å². The van der Waals surface area contributed by atoms with Gasteiger partial charge in [0.1, 0.15) is 17.3 Å². The van der Waals surface area contributed by atoms with Crippen LogP contribution in [0.2, 0.25) is 5.02 Å². The molecule has 14 unspecified atom stereocenters. The Morgan fingerprint density at radius 1 is 0.328 bits per heavy atom. The zero-order valence-corrected chi connectivity index (χ0v) is 79.5. The van der Waals surface area contributed by atoms with Gasteiger partial charge in [-0.3, -0.25) is 24.0 Å². The van der Waals surface area contributed by atoms with E-state index in [4.69, 9.17) is 11.6 Å². The first-order valence-electron chi connectivity index (χ1n) is 52.3. The number of carbonyl (C=O) groups excluding carboxylic acids is 5. The van der Waals surface area contributed by atoms with E-state index in [0.717, 1.165) is 215 Å². The lowest BCUT2D eigenvalue weighted by molar-refractivity contribution is -0.176. The van der Waals surface area contributed by atoms with Crippen LogP contribution in [0.25, 0.3) is 0 Å². The predicted molar refractivity (Wildman–Crippen MR) is 514 cm³/mol. The van der Waals surface area contributed by atoms with Crippen LogP contribution >= 0.6 is 11.6 Å². The van der Waals surface area contributed by atoms with Crippen LogP contribution in [0.4, 0.5) is 0 Å². The normalized spacial score (nSPS) is 41.6. The SMILES string of the molecule is CC12CC3(C)CC(C(=O)CC4CCNCC4)(C1)CC(c1ccccc1)(C2)C3.CC12CC3CC(C(=O)CC4CNC4)(C1)CC(c1ccccc1)(C3)C2.CC12CC3CC(C(=O)N4CCNCC4)(C1)CC(c1ccccc1)(C3)C2.O=C(CC12CC3CC(C1)CC(c1ccccc1)(C3)C2)NC1CCNCC1.O=C(CC1CCNCC1)C12CC3CC(C1)CC(c1ccc(Cl)cc1)(C3)C2. The number of piperazine rings is 1. The number of nitrogens with one attached hydrogen (secondary N) is 6. The second kappa shape index (κ2) is 34.2. The largest absolute Gasteiger partial charge is 0.353 e. The summed E-state index contributed by atoms with van der Waals surface area (Å²) in [6.45, 7) is 22.1. The van der Waals surface area contributed by atoms with E-state index in [1.54, 1.807) is 0 Å². The zero-order valence-electron chi connectivity index (χ0n) is 78.8. The number of benzene rings is 5. The van der Waals surface area contributed by atoms with Crippen LogP contribution in [0.3, 0.4) is 0 Å². The fourth-order valence-electron chi connectivity index (χ4n) is 38.1. The van der Waals surface area contributed by atoms with E-state index in [1.807, 2.05) is 12.1 Å². The molecule has 20 bridgehead atoms. The van der Waals surface area contributed by atoms with Gasteiger partial charge in [-0.2, -0.15) is 0 Å². The van der Waals surface area contributed by atoms with Crippen molar-refractivity contribution in [1.29, 1.82) is 0 Å². The highest BCUT2D eigenvalue weighted by Crippen LogP contribution is 2.77. The number of hydrogen-bond donors (Lipinski definition) is 6. The molecule has 12 nitrogen and oxygen atoms in total. The highest BCUT2D eigenvalue weighted by atomic mass is 35.5. The molecule has 30 rings (SSSR count). The van der Waals surface area contributed by atoms with Crippen LogP contribution in [0, 0.1) is 102 Å². The zero-order chi connectivity index (χ0) is 87.7. The topological polar surface area (TPSA) is 161 Å². The van der Waals surface area contributed by atoms with Crippen LogP contribution in [-0.2, 0) is 51.0 Å². The lowest BCUT2D eigenvalue weighted by atomic mass is 9.34. The fraction of sp³-hybridized carbons (Fsp3) is 0.696. The highest BCUT2D eigenvalue weighted by molar-refractivity contribution is 6.30. The maximum Gasteiger partial charge on any atom is 0.228 e. The number of rotatable bonds is 18. The molecule has 20 aliphatic carbocycles. The van der Waals surface area contributed by atoms with Crippen LogP contribution in [0.15, 0.2) is 146 Å². The minimum Gasteiger partial charge on any atom is -0.353 e. The van der Waals surface area contributed by atoms with Gasteiger partial charge in [0.2, 0.25) is 11.8 Å². The number of piperidine rings is 3. The van der Waals surface area contributed by atoms with Crippen LogP contribution in [0.5, 0.6) is 0 Å². The Morgan fingerprint density at radius 2 is 0.695 bits per heavy atom. The Morgan fingerprint density at radius 3 is 1.19 bits per heavy atom. The van der Waals surface area contributed by atoms with Crippen molar-refractivity contribution in [2.75, 3.05) is 78.5 Å². The van der Waals surface area contributed by atoms with Crippen molar-refractivity contribution in [2.24, 2.45) is 102 Å². The second-order valence-corrected chi connectivity index (χ2v) is 51.3. The van der Waals surface area contributed by atoms with Gasteiger partial charge in [-0.15, -0.1) is 0 Å². The molecule has 20 saturated carbocycles. The number of nitrogens with zero attached hydrogens (tertiary/aromatic N) is 1. The number of hydrogen-bond acceptors (Lipinski definition) is 10. The molecule has 5 saturated heterocycles. The number of ketones is 3. The van der Waals surface area contributed by atoms with Gasteiger partial charge in [-0.05, 0) is 431 Å². The van der Waals surface area contributed by atoms with Gasteiger partial charge >= 0.3 is 0 Å². The Hall–Kier alpha value is -5.86. The van der Waals surface area contributed by atoms with E-state index in [1.165, 1.54) is 188 Å². The van der Waals surface area contributed by atoms with Gasteiger partial charge in [0.15, 0.2) is 0 Å². The lowest BCUT2D eigenvalue weighted by Gasteiger charge is -2.69. The summed E-state index contributed by atoms with van der Waals surface area (Å²) in [4.78, 5) is 69.5. The number of carbonyl (C=O) groups is 5. The monoisotopic (exact) mass is 1750 g/mol. The van der Waals surface area contributed by atoms with E-state index in [9.17, 15) is 24.0 Å². The summed E-state index contributed by atoms with van der Waals surface area (Å²) >= 11 is 6.15. The summed E-state index contributed by atoms with van der Waals surface area (Å²) in [6, 6.07) is 53.6. The Balaban J connectivity index is 0.0000000973. The van der Waals surface area contributed by atoms with Crippen molar-refractivity contribution in [3.63, 3.8) is 0 Å². The average Bonchev–Trinajstić information content (AvgIpc) is 0.608. The lowest BCUT2D eigenvalue weighted by Crippen LogP contribution is -2.63. The maximum atomic E-state index is 13.8. The molecule has 2 amide bonds. The molecule has 5 aliphatic heterocycles. The van der Waals surface area contributed by atoms with Gasteiger partial charge in [0.25, 0.3) is 0 Å². The maximum absolute atomic E-state index is 13.8. The minimum absolute atomic E-state index is 0.0143. The van der Waals surface area contributed by atoms with Crippen LogP contribution in [0.1, 0.15) is 312 Å². The summed E-state index contributed by atoms with van der Waals surface area (Å²) in [6.07, 6.45) is 47.3. The third-order valence-electron chi connectivity index (χ3n) is 39.6. The van der Waals surface area contributed by atoms with Crippen LogP contribution < -0.4 is 31.9 Å². The van der Waals surface area contributed by atoms with Crippen molar-refractivity contribution in [3.8, 4) is 0 Å². The van der Waals surface area contributed by atoms with Crippen LogP contribution in [-0.4, -0.2) is 119 Å². The van der Waals surface area contributed by atoms with Gasteiger partial charge in [-0.1, -0.05) is 173 Å². The minimum atomic E-state index is -0.0959. The molecule has 5 aromatic rings. The summed E-state index contributed by atoms with van der Waals surface area (Å²) in [5.74, 6) is 9.12. The fourth-order valence-corrected chi connectivity index (χ4v) is 38.2. The van der Waals surface area contributed by atoms with Crippen molar-refractivity contribution < 1.29 is 24.0 Å². The van der Waals surface area contributed by atoms with Crippen molar-refractivity contribution in [3.05, 3.63) is 178 Å². The molecule has 13 heteroatoms. The number of amides is 2. The third-order valence-corrected chi connectivity index (χ3v) is 39.9. The first-order valence-corrected chi connectivity index (χ1v) is 52.7. The van der Waals surface area contributed by atoms with Gasteiger partial charge in [0.05, 0.1) is 5.41 Å².